The van der Waals surface area contributed by atoms with Crippen LogP contribution in [0.2, 0.25) is 0 Å². The van der Waals surface area contributed by atoms with Gasteiger partial charge >= 0.3 is 5.69 Å². The van der Waals surface area contributed by atoms with Gasteiger partial charge in [-0.2, -0.15) is 0 Å². The van der Waals surface area contributed by atoms with Crippen LogP contribution in [0.25, 0.3) is 10.9 Å². The van der Waals surface area contributed by atoms with Gasteiger partial charge in [0.2, 0.25) is 10.0 Å². The maximum Gasteiger partial charge on any atom is 0.326 e. The summed E-state index contributed by atoms with van der Waals surface area (Å²) in [5, 5.41) is 0.142. The van der Waals surface area contributed by atoms with Crippen LogP contribution < -0.4 is 16.0 Å². The standard InChI is InChI=1S/C16H21N3O4S/c20-15-13-10-12(7-8-14(13)18-16(21)19-15)24(22,23)17-9-3-6-11-4-1-2-5-11/h7-8,10-11,17H,1-6,9H2,(H2,18,19,20,21). The minimum atomic E-state index is -3.67. The van der Waals surface area contributed by atoms with E-state index in [0.717, 1.165) is 18.8 Å². The molecule has 7 nitrogen and oxygen atoms in total. The summed E-state index contributed by atoms with van der Waals surface area (Å²) >= 11 is 0. The molecule has 1 aromatic carbocycles. The smallest absolute Gasteiger partial charge is 0.307 e. The summed E-state index contributed by atoms with van der Waals surface area (Å²) in [7, 11) is -3.67. The van der Waals surface area contributed by atoms with E-state index >= 15 is 0 Å². The molecule has 1 heterocycles. The molecule has 1 saturated carbocycles. The molecule has 130 valence electrons. The molecule has 0 radical (unpaired) electrons. The minimum Gasteiger partial charge on any atom is -0.307 e. The van der Waals surface area contributed by atoms with Crippen LogP contribution in [0.1, 0.15) is 38.5 Å². The Balaban J connectivity index is 1.70. The largest absolute Gasteiger partial charge is 0.326 e. The summed E-state index contributed by atoms with van der Waals surface area (Å²) in [5.74, 6) is 0.727. The molecule has 0 atom stereocenters. The molecule has 1 aliphatic carbocycles. The number of H-pyrrole nitrogens is 2. The topological polar surface area (TPSA) is 112 Å². The van der Waals surface area contributed by atoms with E-state index in [0.29, 0.717) is 12.1 Å². The Kier molecular flexibility index (Phi) is 4.86. The number of aromatic amines is 2. The second kappa shape index (κ2) is 6.90. The first-order valence-corrected chi connectivity index (χ1v) is 9.70. The van der Waals surface area contributed by atoms with Crippen LogP contribution in [0, 0.1) is 5.92 Å². The van der Waals surface area contributed by atoms with E-state index in [4.69, 9.17) is 0 Å². The monoisotopic (exact) mass is 351 g/mol. The van der Waals surface area contributed by atoms with E-state index in [-0.39, 0.29) is 10.3 Å². The van der Waals surface area contributed by atoms with Crippen LogP contribution in [0.4, 0.5) is 0 Å². The Morgan fingerprint density at radius 2 is 1.88 bits per heavy atom. The lowest BCUT2D eigenvalue weighted by Crippen LogP contribution is -2.26. The van der Waals surface area contributed by atoms with Crippen molar-refractivity contribution in [3.05, 3.63) is 39.0 Å². The van der Waals surface area contributed by atoms with E-state index in [1.807, 2.05) is 0 Å². The maximum atomic E-state index is 12.4. The Morgan fingerprint density at radius 1 is 1.12 bits per heavy atom. The molecule has 1 aliphatic rings. The number of rotatable bonds is 6. The fourth-order valence-corrected chi connectivity index (χ4v) is 4.39. The van der Waals surface area contributed by atoms with Crippen molar-refractivity contribution in [3.63, 3.8) is 0 Å². The van der Waals surface area contributed by atoms with Crippen molar-refractivity contribution in [2.75, 3.05) is 6.54 Å². The molecule has 0 amide bonds. The molecule has 1 fully saturated rings. The molecule has 0 spiro atoms. The summed E-state index contributed by atoms with van der Waals surface area (Å²) in [4.78, 5) is 27.6. The number of aromatic nitrogens is 2. The van der Waals surface area contributed by atoms with Crippen molar-refractivity contribution in [3.8, 4) is 0 Å². The van der Waals surface area contributed by atoms with Gasteiger partial charge in [-0.05, 0) is 37.0 Å². The average Bonchev–Trinajstić information content (AvgIpc) is 3.04. The number of fused-ring (bicyclic) bond motifs is 1. The van der Waals surface area contributed by atoms with Crippen molar-refractivity contribution in [1.29, 1.82) is 0 Å². The summed E-state index contributed by atoms with van der Waals surface area (Å²) in [6.45, 7) is 0.388. The summed E-state index contributed by atoms with van der Waals surface area (Å²) < 4.78 is 27.3. The fourth-order valence-electron chi connectivity index (χ4n) is 3.29. The summed E-state index contributed by atoms with van der Waals surface area (Å²) in [6.07, 6.45) is 6.91. The van der Waals surface area contributed by atoms with Crippen LogP contribution in [-0.4, -0.2) is 24.9 Å². The van der Waals surface area contributed by atoms with Crippen LogP contribution in [0.3, 0.4) is 0 Å². The van der Waals surface area contributed by atoms with Crippen molar-refractivity contribution in [2.45, 2.75) is 43.4 Å². The van der Waals surface area contributed by atoms with Gasteiger partial charge in [-0.1, -0.05) is 25.7 Å². The Morgan fingerprint density at radius 3 is 2.62 bits per heavy atom. The average molecular weight is 351 g/mol. The lowest BCUT2D eigenvalue weighted by molar-refractivity contribution is 0.480. The first-order chi connectivity index (χ1) is 11.5. The van der Waals surface area contributed by atoms with E-state index in [9.17, 15) is 18.0 Å². The lowest BCUT2D eigenvalue weighted by Gasteiger charge is -2.10. The highest BCUT2D eigenvalue weighted by molar-refractivity contribution is 7.89. The predicted octanol–water partition coefficient (Wildman–Crippen LogP) is 1.47. The fraction of sp³-hybridized carbons (Fsp3) is 0.500. The van der Waals surface area contributed by atoms with Gasteiger partial charge in [0.1, 0.15) is 0 Å². The van der Waals surface area contributed by atoms with Crippen LogP contribution in [0.5, 0.6) is 0 Å². The Bertz CT molecular complexity index is 940. The van der Waals surface area contributed by atoms with Gasteiger partial charge in [-0.3, -0.25) is 9.78 Å². The Hall–Kier alpha value is -1.93. The molecule has 24 heavy (non-hydrogen) atoms. The SMILES string of the molecule is O=c1[nH]c(=O)c2cc(S(=O)(=O)NCCCC3CCCC3)ccc2[nH]1. The van der Waals surface area contributed by atoms with Gasteiger partial charge in [0.05, 0.1) is 15.8 Å². The maximum absolute atomic E-state index is 12.4. The zero-order chi connectivity index (χ0) is 17.2. The van der Waals surface area contributed by atoms with Crippen molar-refractivity contribution in [2.24, 2.45) is 5.92 Å². The second-order valence-corrected chi connectivity index (χ2v) is 8.07. The molecule has 8 heteroatoms. The molecule has 3 rings (SSSR count). The molecule has 2 aromatic rings. The van der Waals surface area contributed by atoms with E-state index < -0.39 is 21.3 Å². The number of hydrogen-bond donors (Lipinski definition) is 3. The molecule has 1 aromatic heterocycles. The molecule has 0 bridgehead atoms. The zero-order valence-corrected chi connectivity index (χ0v) is 14.1. The number of benzene rings is 1. The van der Waals surface area contributed by atoms with Gasteiger partial charge in [-0.15, -0.1) is 0 Å². The molecule has 0 unspecified atom stereocenters. The van der Waals surface area contributed by atoms with E-state index in [2.05, 4.69) is 14.7 Å². The Labute approximate surface area is 139 Å². The third-order valence-corrected chi connectivity index (χ3v) is 6.04. The van der Waals surface area contributed by atoms with Crippen molar-refractivity contribution < 1.29 is 8.42 Å². The summed E-state index contributed by atoms with van der Waals surface area (Å²) in [5.41, 5.74) is -0.913. The highest BCUT2D eigenvalue weighted by Gasteiger charge is 2.17. The minimum absolute atomic E-state index is 0.0217. The zero-order valence-electron chi connectivity index (χ0n) is 13.3. The van der Waals surface area contributed by atoms with Gasteiger partial charge in [0.15, 0.2) is 0 Å². The van der Waals surface area contributed by atoms with Gasteiger partial charge in [-0.25, -0.2) is 17.9 Å². The molecule has 0 aliphatic heterocycles. The van der Waals surface area contributed by atoms with Crippen LogP contribution in [-0.2, 0) is 10.0 Å². The number of nitrogens with one attached hydrogen (secondary N) is 3. The van der Waals surface area contributed by atoms with Gasteiger partial charge in [0.25, 0.3) is 5.56 Å². The molecular weight excluding hydrogens is 330 g/mol. The number of hydrogen-bond acceptors (Lipinski definition) is 4. The quantitative estimate of drug-likeness (QED) is 0.684. The van der Waals surface area contributed by atoms with Crippen molar-refractivity contribution >= 4 is 20.9 Å². The molecule has 3 N–H and O–H groups in total. The third-order valence-electron chi connectivity index (χ3n) is 4.58. The van der Waals surface area contributed by atoms with E-state index in [1.54, 1.807) is 0 Å². The van der Waals surface area contributed by atoms with E-state index in [1.165, 1.54) is 43.9 Å². The lowest BCUT2D eigenvalue weighted by atomic mass is 10.0. The van der Waals surface area contributed by atoms with Crippen molar-refractivity contribution in [1.82, 2.24) is 14.7 Å². The summed E-state index contributed by atoms with van der Waals surface area (Å²) in [6, 6.07) is 4.10. The first-order valence-electron chi connectivity index (χ1n) is 8.22. The first kappa shape index (κ1) is 16.9. The third kappa shape index (κ3) is 3.76. The van der Waals surface area contributed by atoms with Gasteiger partial charge in [0, 0.05) is 6.54 Å². The highest BCUT2D eigenvalue weighted by atomic mass is 32.2. The normalized spacial score (nSPS) is 16.0. The van der Waals surface area contributed by atoms with Crippen LogP contribution >= 0.6 is 0 Å². The second-order valence-electron chi connectivity index (χ2n) is 6.31. The van der Waals surface area contributed by atoms with Gasteiger partial charge < -0.3 is 4.98 Å². The number of sulfonamides is 1. The predicted molar refractivity (Wildman–Crippen MR) is 91.6 cm³/mol. The molecular formula is C16H21N3O4S. The highest BCUT2D eigenvalue weighted by Crippen LogP contribution is 2.28. The van der Waals surface area contributed by atoms with Crippen LogP contribution in [0.15, 0.2) is 32.7 Å². The molecule has 0 saturated heterocycles.